The smallest absolute Gasteiger partial charge is 0.354 e. The van der Waals surface area contributed by atoms with Gasteiger partial charge in [-0.05, 0) is 48.1 Å². The van der Waals surface area contributed by atoms with E-state index >= 15 is 0 Å². The Morgan fingerprint density at radius 3 is 2.45 bits per heavy atom. The van der Waals surface area contributed by atoms with Crippen molar-refractivity contribution in [2.75, 3.05) is 19.6 Å². The highest BCUT2D eigenvalue weighted by molar-refractivity contribution is 5.82. The number of likely N-dealkylation sites (tertiary alicyclic amines) is 1. The van der Waals surface area contributed by atoms with Crippen LogP contribution in [-0.2, 0) is 23.9 Å². The molecule has 2 N–H and O–H groups in total. The first kappa shape index (κ1) is 25.2. The Kier molecular flexibility index (Phi) is 8.48. The van der Waals surface area contributed by atoms with Crippen LogP contribution in [0, 0.1) is 11.7 Å². The van der Waals surface area contributed by atoms with Gasteiger partial charge in [-0.3, -0.25) is 9.69 Å². The minimum atomic E-state index is -4.35. The molecule has 0 bridgehead atoms. The van der Waals surface area contributed by atoms with E-state index in [-0.39, 0.29) is 23.8 Å². The van der Waals surface area contributed by atoms with Gasteiger partial charge >= 0.3 is 6.18 Å². The van der Waals surface area contributed by atoms with E-state index in [4.69, 9.17) is 0 Å². The summed E-state index contributed by atoms with van der Waals surface area (Å²) in [5, 5.41) is 6.32. The van der Waals surface area contributed by atoms with E-state index in [9.17, 15) is 22.4 Å². The Bertz CT molecular complexity index is 915. The van der Waals surface area contributed by atoms with Crippen LogP contribution < -0.4 is 10.6 Å². The summed E-state index contributed by atoms with van der Waals surface area (Å²) >= 11 is 0. The van der Waals surface area contributed by atoms with Crippen LogP contribution in [0.15, 0.2) is 48.5 Å². The van der Waals surface area contributed by atoms with E-state index in [1.54, 1.807) is 18.2 Å². The van der Waals surface area contributed by atoms with Crippen molar-refractivity contribution in [3.8, 4) is 0 Å². The van der Waals surface area contributed by atoms with E-state index in [2.05, 4.69) is 29.4 Å². The van der Waals surface area contributed by atoms with Crippen LogP contribution >= 0.6 is 0 Å². The largest absolute Gasteiger partial charge is 0.416 e. The van der Waals surface area contributed by atoms with Crippen LogP contribution in [0.1, 0.15) is 37.0 Å². The normalized spacial score (nSPS) is 19.2. The SMILES string of the molecule is CC(C)CN1C[C@@H](NCc2ccc(C(F)(F)F)cc2)C[C@H]1C(=O)NCCc1ccccc1F. The Morgan fingerprint density at radius 1 is 1.12 bits per heavy atom. The molecule has 2 aromatic carbocycles. The van der Waals surface area contributed by atoms with Crippen molar-refractivity contribution in [2.24, 2.45) is 5.92 Å². The van der Waals surface area contributed by atoms with E-state index in [0.717, 1.165) is 24.2 Å². The van der Waals surface area contributed by atoms with Crippen LogP contribution in [0.4, 0.5) is 17.6 Å². The third-order valence-corrected chi connectivity index (χ3v) is 5.83. The Labute approximate surface area is 192 Å². The van der Waals surface area contributed by atoms with E-state index in [0.29, 0.717) is 44.0 Å². The Morgan fingerprint density at radius 2 is 1.82 bits per heavy atom. The second kappa shape index (κ2) is 11.1. The van der Waals surface area contributed by atoms with Crippen LogP contribution in [0.3, 0.4) is 0 Å². The van der Waals surface area contributed by atoms with Gasteiger partial charge in [0.05, 0.1) is 11.6 Å². The molecular weight excluding hydrogens is 434 g/mol. The highest BCUT2D eigenvalue weighted by atomic mass is 19.4. The van der Waals surface area contributed by atoms with Crippen LogP contribution in [0.2, 0.25) is 0 Å². The molecule has 0 radical (unpaired) electrons. The summed E-state index contributed by atoms with van der Waals surface area (Å²) in [7, 11) is 0. The number of amides is 1. The standard InChI is InChI=1S/C25H31F4N3O/c1-17(2)15-32-16-21(31-14-18-7-9-20(10-8-18)25(27,28)29)13-23(32)24(33)30-12-11-19-5-3-4-6-22(19)26/h3-10,17,21,23,31H,11-16H2,1-2H3,(H,30,33)/t21-,23-/m0/s1. The summed E-state index contributed by atoms with van der Waals surface area (Å²) in [6.45, 7) is 6.43. The summed E-state index contributed by atoms with van der Waals surface area (Å²) in [4.78, 5) is 15.0. The number of hydrogen-bond donors (Lipinski definition) is 2. The number of hydrogen-bond acceptors (Lipinski definition) is 3. The molecule has 1 heterocycles. The summed E-state index contributed by atoms with van der Waals surface area (Å²) in [6.07, 6.45) is -3.31. The molecule has 0 saturated carbocycles. The van der Waals surface area contributed by atoms with Crippen molar-refractivity contribution >= 4 is 5.91 Å². The van der Waals surface area contributed by atoms with E-state index in [1.807, 2.05) is 0 Å². The molecule has 0 unspecified atom stereocenters. The minimum absolute atomic E-state index is 0.0494. The first-order valence-corrected chi connectivity index (χ1v) is 11.3. The number of benzene rings is 2. The molecule has 1 amide bonds. The number of rotatable bonds is 9. The van der Waals surface area contributed by atoms with E-state index < -0.39 is 11.7 Å². The van der Waals surface area contributed by atoms with Gasteiger partial charge in [-0.2, -0.15) is 13.2 Å². The van der Waals surface area contributed by atoms with E-state index in [1.165, 1.54) is 18.2 Å². The van der Waals surface area contributed by atoms with Crippen molar-refractivity contribution in [1.29, 1.82) is 0 Å². The predicted octanol–water partition coefficient (Wildman–Crippen LogP) is 4.39. The second-order valence-corrected chi connectivity index (χ2v) is 9.00. The van der Waals surface area contributed by atoms with Gasteiger partial charge in [-0.15, -0.1) is 0 Å². The molecule has 2 atom stereocenters. The fourth-order valence-electron chi connectivity index (χ4n) is 4.21. The Hall–Kier alpha value is -2.45. The molecule has 180 valence electrons. The lowest BCUT2D eigenvalue weighted by molar-refractivity contribution is -0.137. The molecule has 8 heteroatoms. The van der Waals surface area contributed by atoms with Gasteiger partial charge in [0.15, 0.2) is 0 Å². The fraction of sp³-hybridized carbons (Fsp3) is 0.480. The van der Waals surface area contributed by atoms with Gasteiger partial charge in [0.25, 0.3) is 0 Å². The maximum absolute atomic E-state index is 13.8. The van der Waals surface area contributed by atoms with Crippen LogP contribution in [0.5, 0.6) is 0 Å². The number of halogens is 4. The third-order valence-electron chi connectivity index (χ3n) is 5.83. The van der Waals surface area contributed by atoms with Gasteiger partial charge in [0, 0.05) is 32.2 Å². The molecule has 1 aliphatic heterocycles. The number of carbonyl (C=O) groups is 1. The fourth-order valence-corrected chi connectivity index (χ4v) is 4.21. The molecular formula is C25H31F4N3O. The minimum Gasteiger partial charge on any atom is -0.354 e. The first-order valence-electron chi connectivity index (χ1n) is 11.3. The maximum Gasteiger partial charge on any atom is 0.416 e. The average Bonchev–Trinajstić information content (AvgIpc) is 3.15. The zero-order valence-electron chi connectivity index (χ0n) is 19.0. The zero-order valence-corrected chi connectivity index (χ0v) is 19.0. The summed E-state index contributed by atoms with van der Waals surface area (Å²) < 4.78 is 52.0. The molecule has 1 aliphatic rings. The van der Waals surface area contributed by atoms with Crippen molar-refractivity contribution in [1.82, 2.24) is 15.5 Å². The lowest BCUT2D eigenvalue weighted by Crippen LogP contribution is -2.45. The molecule has 0 aliphatic carbocycles. The number of carbonyl (C=O) groups excluding carboxylic acids is 1. The molecule has 1 saturated heterocycles. The monoisotopic (exact) mass is 465 g/mol. The summed E-state index contributed by atoms with van der Waals surface area (Å²) in [6, 6.07) is 11.4. The first-order chi connectivity index (χ1) is 15.6. The highest BCUT2D eigenvalue weighted by Gasteiger charge is 2.36. The second-order valence-electron chi connectivity index (χ2n) is 9.00. The molecule has 0 aromatic heterocycles. The van der Waals surface area contributed by atoms with Gasteiger partial charge in [0.2, 0.25) is 5.91 Å². The predicted molar refractivity (Wildman–Crippen MR) is 120 cm³/mol. The molecule has 33 heavy (non-hydrogen) atoms. The van der Waals surface area contributed by atoms with Crippen molar-refractivity contribution < 1.29 is 22.4 Å². The number of nitrogens with zero attached hydrogens (tertiary/aromatic N) is 1. The highest BCUT2D eigenvalue weighted by Crippen LogP contribution is 2.29. The summed E-state index contributed by atoms with van der Waals surface area (Å²) in [5.74, 6) is 0.0276. The van der Waals surface area contributed by atoms with Crippen LogP contribution in [0.25, 0.3) is 0 Å². The molecule has 0 spiro atoms. The third kappa shape index (κ3) is 7.27. The zero-order chi connectivity index (χ0) is 24.0. The van der Waals surface area contributed by atoms with Gasteiger partial charge in [-0.1, -0.05) is 44.2 Å². The number of alkyl halides is 3. The lowest BCUT2D eigenvalue weighted by Gasteiger charge is -2.25. The topological polar surface area (TPSA) is 44.4 Å². The van der Waals surface area contributed by atoms with Crippen molar-refractivity contribution in [3.63, 3.8) is 0 Å². The van der Waals surface area contributed by atoms with Gasteiger partial charge < -0.3 is 10.6 Å². The molecule has 2 aromatic rings. The number of nitrogens with one attached hydrogen (secondary N) is 2. The lowest BCUT2D eigenvalue weighted by atomic mass is 10.1. The molecule has 4 nitrogen and oxygen atoms in total. The molecule has 1 fully saturated rings. The molecule has 3 rings (SSSR count). The van der Waals surface area contributed by atoms with Crippen LogP contribution in [-0.4, -0.2) is 42.5 Å². The van der Waals surface area contributed by atoms with Gasteiger partial charge in [-0.25, -0.2) is 4.39 Å². The van der Waals surface area contributed by atoms with Crippen molar-refractivity contribution in [2.45, 2.75) is 51.5 Å². The Balaban J connectivity index is 1.54. The summed E-state index contributed by atoms with van der Waals surface area (Å²) in [5.41, 5.74) is 0.665. The van der Waals surface area contributed by atoms with Gasteiger partial charge in [0.1, 0.15) is 5.82 Å². The maximum atomic E-state index is 13.8. The average molecular weight is 466 g/mol. The quantitative estimate of drug-likeness (QED) is 0.540. The van der Waals surface area contributed by atoms with Crippen molar-refractivity contribution in [3.05, 3.63) is 71.0 Å².